The topological polar surface area (TPSA) is 64.3 Å². The minimum atomic E-state index is 0.0973. The van der Waals surface area contributed by atoms with E-state index in [4.69, 9.17) is 10.5 Å². The third-order valence-electron chi connectivity index (χ3n) is 4.52. The fraction of sp³-hybridized carbons (Fsp3) is 0.929. The number of hydrogen-bond acceptors (Lipinski definition) is 3. The van der Waals surface area contributed by atoms with Crippen molar-refractivity contribution in [3.05, 3.63) is 0 Å². The van der Waals surface area contributed by atoms with Gasteiger partial charge in [-0.25, -0.2) is 0 Å². The smallest absolute Gasteiger partial charge is 0.223 e. The summed E-state index contributed by atoms with van der Waals surface area (Å²) in [5.74, 6) is 0.810. The lowest BCUT2D eigenvalue weighted by atomic mass is 9.79. The molecule has 0 aromatic heterocycles. The summed E-state index contributed by atoms with van der Waals surface area (Å²) < 4.78 is 5.60. The van der Waals surface area contributed by atoms with Crippen molar-refractivity contribution in [3.63, 3.8) is 0 Å². The Morgan fingerprint density at radius 3 is 2.78 bits per heavy atom. The maximum Gasteiger partial charge on any atom is 0.223 e. The molecule has 0 aromatic carbocycles. The molecule has 5 atom stereocenters. The minimum Gasteiger partial charge on any atom is -0.376 e. The van der Waals surface area contributed by atoms with Crippen LogP contribution in [0.2, 0.25) is 0 Å². The summed E-state index contributed by atoms with van der Waals surface area (Å²) >= 11 is 0. The highest BCUT2D eigenvalue weighted by Crippen LogP contribution is 2.28. The SMILES string of the molecule is CC1CCC(C(=O)NC(C)C2CCCO2)CC1N. The average molecular weight is 254 g/mol. The van der Waals surface area contributed by atoms with E-state index in [9.17, 15) is 4.79 Å². The molecule has 2 rings (SSSR count). The predicted octanol–water partition coefficient (Wildman–Crippen LogP) is 1.43. The van der Waals surface area contributed by atoms with Crippen LogP contribution in [0, 0.1) is 11.8 Å². The number of rotatable bonds is 3. The summed E-state index contributed by atoms with van der Waals surface area (Å²) in [4.78, 5) is 12.2. The molecule has 4 heteroatoms. The van der Waals surface area contributed by atoms with E-state index in [-0.39, 0.29) is 30.0 Å². The molecule has 0 spiro atoms. The molecule has 18 heavy (non-hydrogen) atoms. The van der Waals surface area contributed by atoms with Crippen molar-refractivity contribution >= 4 is 5.91 Å². The summed E-state index contributed by atoms with van der Waals surface area (Å²) in [6.07, 6.45) is 5.22. The first-order chi connectivity index (χ1) is 8.58. The second-order valence-corrected chi connectivity index (χ2v) is 6.00. The van der Waals surface area contributed by atoms with Gasteiger partial charge in [0, 0.05) is 18.6 Å². The lowest BCUT2D eigenvalue weighted by Gasteiger charge is -2.32. The van der Waals surface area contributed by atoms with Gasteiger partial charge < -0.3 is 15.8 Å². The molecule has 1 saturated carbocycles. The number of nitrogens with two attached hydrogens (primary N) is 1. The lowest BCUT2D eigenvalue weighted by Crippen LogP contribution is -2.46. The lowest BCUT2D eigenvalue weighted by molar-refractivity contribution is -0.127. The van der Waals surface area contributed by atoms with Gasteiger partial charge in [-0.2, -0.15) is 0 Å². The molecule has 5 unspecified atom stereocenters. The number of carbonyl (C=O) groups excluding carboxylic acids is 1. The van der Waals surface area contributed by atoms with Gasteiger partial charge >= 0.3 is 0 Å². The Hall–Kier alpha value is -0.610. The van der Waals surface area contributed by atoms with Gasteiger partial charge in [0.25, 0.3) is 0 Å². The zero-order chi connectivity index (χ0) is 13.1. The summed E-state index contributed by atoms with van der Waals surface area (Å²) in [5, 5.41) is 3.11. The second-order valence-electron chi connectivity index (χ2n) is 6.00. The van der Waals surface area contributed by atoms with Crippen LogP contribution in [0.5, 0.6) is 0 Å². The first kappa shape index (κ1) is 13.8. The zero-order valence-corrected chi connectivity index (χ0v) is 11.5. The molecule has 0 bridgehead atoms. The molecule has 2 aliphatic rings. The quantitative estimate of drug-likeness (QED) is 0.801. The van der Waals surface area contributed by atoms with E-state index in [1.807, 2.05) is 6.92 Å². The summed E-state index contributed by atoms with van der Waals surface area (Å²) in [5.41, 5.74) is 6.05. The van der Waals surface area contributed by atoms with E-state index in [1.54, 1.807) is 0 Å². The molecule has 1 aliphatic carbocycles. The monoisotopic (exact) mass is 254 g/mol. The molecule has 2 fully saturated rings. The van der Waals surface area contributed by atoms with Gasteiger partial charge in [0.1, 0.15) is 0 Å². The fourth-order valence-electron chi connectivity index (χ4n) is 3.03. The van der Waals surface area contributed by atoms with Gasteiger partial charge in [0.2, 0.25) is 5.91 Å². The number of carbonyl (C=O) groups is 1. The Morgan fingerprint density at radius 2 is 2.17 bits per heavy atom. The van der Waals surface area contributed by atoms with Gasteiger partial charge in [-0.05, 0) is 44.9 Å². The van der Waals surface area contributed by atoms with Gasteiger partial charge in [-0.15, -0.1) is 0 Å². The molecular formula is C14H26N2O2. The largest absolute Gasteiger partial charge is 0.376 e. The number of ether oxygens (including phenoxy) is 1. The Balaban J connectivity index is 1.80. The molecule has 1 amide bonds. The van der Waals surface area contributed by atoms with Crippen molar-refractivity contribution in [1.29, 1.82) is 0 Å². The predicted molar refractivity (Wildman–Crippen MR) is 71.1 cm³/mol. The van der Waals surface area contributed by atoms with Crippen molar-refractivity contribution in [2.24, 2.45) is 17.6 Å². The van der Waals surface area contributed by atoms with Crippen molar-refractivity contribution < 1.29 is 9.53 Å². The molecule has 0 radical (unpaired) electrons. The van der Waals surface area contributed by atoms with E-state index in [2.05, 4.69) is 12.2 Å². The number of hydrogen-bond donors (Lipinski definition) is 2. The molecule has 3 N–H and O–H groups in total. The maximum atomic E-state index is 12.2. The Bertz CT molecular complexity index is 290. The van der Waals surface area contributed by atoms with E-state index in [0.717, 1.165) is 38.7 Å². The molecule has 1 heterocycles. The Kier molecular flexibility index (Phi) is 4.62. The van der Waals surface area contributed by atoms with Crippen LogP contribution in [-0.2, 0) is 9.53 Å². The molecule has 1 saturated heterocycles. The first-order valence-corrected chi connectivity index (χ1v) is 7.25. The van der Waals surface area contributed by atoms with E-state index in [0.29, 0.717) is 5.92 Å². The second kappa shape index (κ2) is 6.02. The van der Waals surface area contributed by atoms with Crippen LogP contribution in [0.15, 0.2) is 0 Å². The Labute approximate surface area is 110 Å². The van der Waals surface area contributed by atoms with Crippen LogP contribution in [-0.4, -0.2) is 30.7 Å². The van der Waals surface area contributed by atoms with E-state index >= 15 is 0 Å². The van der Waals surface area contributed by atoms with Crippen LogP contribution in [0.4, 0.5) is 0 Å². The standard InChI is InChI=1S/C14H26N2O2/c1-9-5-6-11(8-12(9)15)14(17)16-10(2)13-4-3-7-18-13/h9-13H,3-8,15H2,1-2H3,(H,16,17). The highest BCUT2D eigenvalue weighted by Gasteiger charge is 2.31. The average Bonchev–Trinajstić information content (AvgIpc) is 2.86. The van der Waals surface area contributed by atoms with Crippen molar-refractivity contribution in [2.75, 3.05) is 6.61 Å². The summed E-state index contributed by atoms with van der Waals surface area (Å²) in [7, 11) is 0. The van der Waals surface area contributed by atoms with Crippen LogP contribution in [0.25, 0.3) is 0 Å². The third kappa shape index (κ3) is 3.23. The Morgan fingerprint density at radius 1 is 1.39 bits per heavy atom. The fourth-order valence-corrected chi connectivity index (χ4v) is 3.03. The minimum absolute atomic E-state index is 0.0973. The summed E-state index contributed by atoms with van der Waals surface area (Å²) in [6.45, 7) is 5.05. The highest BCUT2D eigenvalue weighted by atomic mass is 16.5. The van der Waals surface area contributed by atoms with Crippen LogP contribution < -0.4 is 11.1 Å². The van der Waals surface area contributed by atoms with Crippen molar-refractivity contribution in [3.8, 4) is 0 Å². The third-order valence-corrected chi connectivity index (χ3v) is 4.52. The normalized spacial score (nSPS) is 38.4. The van der Waals surface area contributed by atoms with E-state index in [1.165, 1.54) is 0 Å². The molecular weight excluding hydrogens is 228 g/mol. The summed E-state index contributed by atoms with van der Waals surface area (Å²) in [6, 6.07) is 0.295. The molecule has 104 valence electrons. The van der Waals surface area contributed by atoms with Gasteiger partial charge in [0.05, 0.1) is 12.1 Å². The van der Waals surface area contributed by atoms with E-state index < -0.39 is 0 Å². The van der Waals surface area contributed by atoms with Crippen LogP contribution >= 0.6 is 0 Å². The molecule has 4 nitrogen and oxygen atoms in total. The maximum absolute atomic E-state index is 12.2. The van der Waals surface area contributed by atoms with Gasteiger partial charge in [0.15, 0.2) is 0 Å². The van der Waals surface area contributed by atoms with Crippen LogP contribution in [0.1, 0.15) is 46.0 Å². The van der Waals surface area contributed by atoms with Gasteiger partial charge in [-0.3, -0.25) is 4.79 Å². The van der Waals surface area contributed by atoms with Crippen molar-refractivity contribution in [2.45, 2.75) is 64.1 Å². The zero-order valence-electron chi connectivity index (χ0n) is 11.5. The molecule has 1 aliphatic heterocycles. The van der Waals surface area contributed by atoms with Crippen molar-refractivity contribution in [1.82, 2.24) is 5.32 Å². The van der Waals surface area contributed by atoms with Gasteiger partial charge in [-0.1, -0.05) is 6.92 Å². The first-order valence-electron chi connectivity index (χ1n) is 7.25. The number of amides is 1. The number of nitrogens with one attached hydrogen (secondary N) is 1. The molecule has 0 aromatic rings. The van der Waals surface area contributed by atoms with Crippen LogP contribution in [0.3, 0.4) is 0 Å². The highest BCUT2D eigenvalue weighted by molar-refractivity contribution is 5.79.